The topological polar surface area (TPSA) is 119 Å². The van der Waals surface area contributed by atoms with Crippen molar-refractivity contribution >= 4 is 22.8 Å². The maximum atomic E-state index is 9.48. The minimum Gasteiger partial charge on any atom is -0.394 e. The number of aromatic amines is 1. The molecular weight excluding hydrogens is 248 g/mol. The fourth-order valence-corrected chi connectivity index (χ4v) is 1.73. The highest BCUT2D eigenvalue weighted by molar-refractivity contribution is 5.87. The van der Waals surface area contributed by atoms with E-state index in [0.717, 1.165) is 0 Å². The second-order valence-corrected chi connectivity index (χ2v) is 4.35. The molecule has 104 valence electrons. The van der Waals surface area contributed by atoms with Gasteiger partial charge in [-0.2, -0.15) is 15.1 Å². The molecule has 0 amide bonds. The van der Waals surface area contributed by atoms with Crippen LogP contribution in [0.15, 0.2) is 6.20 Å². The molecule has 0 aliphatic rings. The lowest BCUT2D eigenvalue weighted by Gasteiger charge is -2.30. The maximum absolute atomic E-state index is 9.48. The Kier molecular flexibility index (Phi) is 3.82. The SMILES string of the molecule is CCC(CO)(CO)Nc1nc(NC)nc2[nH]ncc12. The second kappa shape index (κ2) is 5.37. The van der Waals surface area contributed by atoms with Gasteiger partial charge in [-0.05, 0) is 6.42 Å². The number of hydrogen-bond donors (Lipinski definition) is 5. The zero-order valence-electron chi connectivity index (χ0n) is 10.9. The predicted molar refractivity (Wildman–Crippen MR) is 72.0 cm³/mol. The summed E-state index contributed by atoms with van der Waals surface area (Å²) in [5.74, 6) is 0.952. The number of fused-ring (bicyclic) bond motifs is 1. The molecule has 5 N–H and O–H groups in total. The van der Waals surface area contributed by atoms with Gasteiger partial charge in [-0.1, -0.05) is 6.92 Å². The molecule has 0 bridgehead atoms. The van der Waals surface area contributed by atoms with E-state index >= 15 is 0 Å². The molecule has 2 aromatic rings. The average molecular weight is 266 g/mol. The van der Waals surface area contributed by atoms with E-state index in [9.17, 15) is 10.2 Å². The molecule has 19 heavy (non-hydrogen) atoms. The molecule has 2 rings (SSSR count). The fraction of sp³-hybridized carbons (Fsp3) is 0.545. The van der Waals surface area contributed by atoms with Crippen molar-refractivity contribution in [3.05, 3.63) is 6.20 Å². The number of nitrogens with zero attached hydrogens (tertiary/aromatic N) is 3. The highest BCUT2D eigenvalue weighted by atomic mass is 16.3. The molecule has 0 aliphatic carbocycles. The molecule has 0 saturated carbocycles. The van der Waals surface area contributed by atoms with E-state index < -0.39 is 5.54 Å². The summed E-state index contributed by atoms with van der Waals surface area (Å²) < 4.78 is 0. The van der Waals surface area contributed by atoms with Crippen LogP contribution in [0.25, 0.3) is 11.0 Å². The van der Waals surface area contributed by atoms with E-state index in [1.165, 1.54) is 0 Å². The first-order valence-electron chi connectivity index (χ1n) is 6.07. The van der Waals surface area contributed by atoms with Crippen molar-refractivity contribution in [3.63, 3.8) is 0 Å². The summed E-state index contributed by atoms with van der Waals surface area (Å²) in [5.41, 5.74) is -0.230. The summed E-state index contributed by atoms with van der Waals surface area (Å²) in [6, 6.07) is 0. The van der Waals surface area contributed by atoms with Crippen molar-refractivity contribution in [2.24, 2.45) is 0 Å². The van der Waals surface area contributed by atoms with Gasteiger partial charge in [0.2, 0.25) is 5.95 Å². The van der Waals surface area contributed by atoms with Crippen LogP contribution in [0.1, 0.15) is 13.3 Å². The van der Waals surface area contributed by atoms with Crippen molar-refractivity contribution < 1.29 is 10.2 Å². The molecule has 0 radical (unpaired) electrons. The Morgan fingerprint density at radius 1 is 1.32 bits per heavy atom. The van der Waals surface area contributed by atoms with Crippen LogP contribution in [-0.4, -0.2) is 56.2 Å². The summed E-state index contributed by atoms with van der Waals surface area (Å²) in [4.78, 5) is 8.52. The summed E-state index contributed by atoms with van der Waals surface area (Å²) >= 11 is 0. The standard InChI is InChI=1S/C11H18N6O2/c1-3-11(5-18,6-19)16-8-7-4-13-17-9(7)15-10(12-2)14-8/h4,18-19H,3,5-6H2,1-2H3,(H3,12,13,14,15,16,17). The lowest BCUT2D eigenvalue weighted by molar-refractivity contribution is 0.132. The zero-order chi connectivity index (χ0) is 13.9. The minimum absolute atomic E-state index is 0.196. The van der Waals surface area contributed by atoms with Gasteiger partial charge in [0, 0.05) is 7.05 Å². The van der Waals surface area contributed by atoms with Crippen LogP contribution in [-0.2, 0) is 0 Å². The van der Waals surface area contributed by atoms with Crippen LogP contribution in [0.2, 0.25) is 0 Å². The third-order valence-corrected chi connectivity index (χ3v) is 3.20. The van der Waals surface area contributed by atoms with E-state index in [-0.39, 0.29) is 13.2 Å². The number of hydrogen-bond acceptors (Lipinski definition) is 7. The van der Waals surface area contributed by atoms with Crippen LogP contribution < -0.4 is 10.6 Å². The lowest BCUT2D eigenvalue weighted by atomic mass is 9.98. The Labute approximate surface area is 110 Å². The van der Waals surface area contributed by atoms with Crippen molar-refractivity contribution in [1.29, 1.82) is 0 Å². The number of rotatable bonds is 6. The van der Waals surface area contributed by atoms with Gasteiger partial charge in [0.15, 0.2) is 5.65 Å². The quantitative estimate of drug-likeness (QED) is 0.497. The third-order valence-electron chi connectivity index (χ3n) is 3.20. The summed E-state index contributed by atoms with van der Waals surface area (Å²) in [7, 11) is 1.71. The van der Waals surface area contributed by atoms with Crippen LogP contribution in [0, 0.1) is 0 Å². The van der Waals surface area contributed by atoms with E-state index in [1.807, 2.05) is 6.92 Å². The first-order valence-corrected chi connectivity index (χ1v) is 6.07. The first kappa shape index (κ1) is 13.5. The molecule has 0 aliphatic heterocycles. The van der Waals surface area contributed by atoms with E-state index in [1.54, 1.807) is 13.2 Å². The summed E-state index contributed by atoms with van der Waals surface area (Å²) in [5, 5.41) is 32.3. The Morgan fingerprint density at radius 3 is 2.63 bits per heavy atom. The van der Waals surface area contributed by atoms with E-state index in [4.69, 9.17) is 0 Å². The Balaban J connectivity index is 2.46. The van der Waals surface area contributed by atoms with Crippen LogP contribution in [0.5, 0.6) is 0 Å². The zero-order valence-corrected chi connectivity index (χ0v) is 10.9. The molecule has 0 unspecified atom stereocenters. The van der Waals surface area contributed by atoms with E-state index in [2.05, 4.69) is 30.8 Å². The molecule has 2 aromatic heterocycles. The highest BCUT2D eigenvalue weighted by Crippen LogP contribution is 2.24. The minimum atomic E-state index is -0.816. The van der Waals surface area contributed by atoms with Crippen LogP contribution in [0.3, 0.4) is 0 Å². The third kappa shape index (κ3) is 2.45. The summed E-state index contributed by atoms with van der Waals surface area (Å²) in [6.07, 6.45) is 2.16. The molecule has 0 atom stereocenters. The molecule has 0 saturated heterocycles. The smallest absolute Gasteiger partial charge is 0.226 e. The van der Waals surface area contributed by atoms with Gasteiger partial charge >= 0.3 is 0 Å². The first-order chi connectivity index (χ1) is 9.18. The van der Waals surface area contributed by atoms with Gasteiger partial charge in [0.1, 0.15) is 5.82 Å². The van der Waals surface area contributed by atoms with Gasteiger partial charge < -0.3 is 20.8 Å². The Hall–Kier alpha value is -1.93. The average Bonchev–Trinajstić information content (AvgIpc) is 2.93. The molecule has 0 fully saturated rings. The molecular formula is C11H18N6O2. The molecule has 8 nitrogen and oxygen atoms in total. The van der Waals surface area contributed by atoms with Gasteiger partial charge in [0.05, 0.1) is 30.3 Å². The van der Waals surface area contributed by atoms with Gasteiger partial charge in [-0.3, -0.25) is 5.10 Å². The predicted octanol–water partition coefficient (Wildman–Crippen LogP) is -0.0601. The largest absolute Gasteiger partial charge is 0.394 e. The van der Waals surface area contributed by atoms with Gasteiger partial charge in [-0.15, -0.1) is 0 Å². The number of aromatic nitrogens is 4. The van der Waals surface area contributed by atoms with Crippen molar-refractivity contribution in [2.75, 3.05) is 30.9 Å². The molecule has 0 spiro atoms. The highest BCUT2D eigenvalue weighted by Gasteiger charge is 2.28. The number of aliphatic hydroxyl groups excluding tert-OH is 2. The van der Waals surface area contributed by atoms with Crippen LogP contribution in [0.4, 0.5) is 11.8 Å². The molecule has 8 heteroatoms. The van der Waals surface area contributed by atoms with E-state index in [0.29, 0.717) is 29.2 Å². The fourth-order valence-electron chi connectivity index (χ4n) is 1.73. The molecule has 0 aromatic carbocycles. The van der Waals surface area contributed by atoms with Gasteiger partial charge in [-0.25, -0.2) is 0 Å². The van der Waals surface area contributed by atoms with Crippen molar-refractivity contribution in [3.8, 4) is 0 Å². The lowest BCUT2D eigenvalue weighted by Crippen LogP contribution is -2.45. The number of anilines is 2. The number of H-pyrrole nitrogens is 1. The van der Waals surface area contributed by atoms with Crippen LogP contribution >= 0.6 is 0 Å². The van der Waals surface area contributed by atoms with Crippen molar-refractivity contribution in [2.45, 2.75) is 18.9 Å². The monoisotopic (exact) mass is 266 g/mol. The van der Waals surface area contributed by atoms with Crippen molar-refractivity contribution in [1.82, 2.24) is 20.2 Å². The maximum Gasteiger partial charge on any atom is 0.226 e. The number of aliphatic hydroxyl groups is 2. The number of nitrogens with one attached hydrogen (secondary N) is 3. The summed E-state index contributed by atoms with van der Waals surface area (Å²) in [6.45, 7) is 1.49. The van der Waals surface area contributed by atoms with Gasteiger partial charge in [0.25, 0.3) is 0 Å². The Morgan fingerprint density at radius 2 is 2.05 bits per heavy atom. The molecule has 2 heterocycles. The second-order valence-electron chi connectivity index (χ2n) is 4.35. The Bertz CT molecular complexity index is 543. The normalized spacial score (nSPS) is 11.8.